The molecule has 230 valence electrons. The normalized spacial score (nSPS) is 25.1. The number of esters is 1. The largest absolute Gasteiger partial charge is 0.462 e. The summed E-state index contributed by atoms with van der Waals surface area (Å²) in [7, 11) is -4.40. The molecule has 0 saturated carbocycles. The van der Waals surface area contributed by atoms with Crippen LogP contribution >= 0.6 is 7.75 Å². The maximum atomic E-state index is 16.2. The molecule has 11 nitrogen and oxygen atoms in total. The predicted octanol–water partition coefficient (Wildman–Crippen LogP) is 5.28. The number of fused-ring (bicyclic) bond motifs is 2. The third-order valence-electron chi connectivity index (χ3n) is 7.35. The smallest absolute Gasteiger partial charge is 0.459 e. The average molecular weight is 615 g/mol. The van der Waals surface area contributed by atoms with Crippen molar-refractivity contribution in [3.63, 3.8) is 0 Å². The molecular weight excluding hydrogens is 578 g/mol. The van der Waals surface area contributed by atoms with Crippen molar-refractivity contribution in [2.24, 2.45) is 0 Å². The molecule has 3 heterocycles. The Labute approximate surface area is 248 Å². The van der Waals surface area contributed by atoms with Crippen molar-refractivity contribution in [2.45, 2.75) is 77.0 Å². The lowest BCUT2D eigenvalue weighted by Crippen LogP contribution is -2.44. The van der Waals surface area contributed by atoms with Crippen LogP contribution in [0.1, 0.15) is 40.8 Å². The number of rotatable bonds is 10. The second-order valence-electron chi connectivity index (χ2n) is 11.1. The molecule has 13 heteroatoms. The molecule has 2 aromatic carbocycles. The molecule has 4 aromatic rings. The fourth-order valence-electron chi connectivity index (χ4n) is 5.18. The molecule has 0 aliphatic carbocycles. The second-order valence-corrected chi connectivity index (χ2v) is 12.8. The molecule has 0 bridgehead atoms. The van der Waals surface area contributed by atoms with Crippen LogP contribution in [0.25, 0.3) is 21.8 Å². The molecule has 1 saturated heterocycles. The zero-order valence-electron chi connectivity index (χ0n) is 24.5. The molecule has 5 rings (SSSR count). The minimum atomic E-state index is -4.40. The molecule has 1 fully saturated rings. The second kappa shape index (κ2) is 11.9. The highest BCUT2D eigenvalue weighted by molar-refractivity contribution is 7.52. The number of pyridine rings is 1. The number of aliphatic hydroxyl groups excluding tert-OH is 1. The number of anilines is 1. The van der Waals surface area contributed by atoms with E-state index in [1.54, 1.807) is 56.4 Å². The van der Waals surface area contributed by atoms with Gasteiger partial charge in [-0.3, -0.25) is 9.32 Å². The van der Waals surface area contributed by atoms with Crippen LogP contribution in [0, 0.1) is 0 Å². The first kappa shape index (κ1) is 30.9. The van der Waals surface area contributed by atoms with Crippen LogP contribution in [0.4, 0.5) is 10.1 Å². The molecule has 2 unspecified atom stereocenters. The summed E-state index contributed by atoms with van der Waals surface area (Å²) in [6.45, 7) is 7.53. The number of alkyl halides is 1. The van der Waals surface area contributed by atoms with Gasteiger partial charge in [0.1, 0.15) is 29.6 Å². The Morgan fingerprint density at radius 2 is 1.86 bits per heavy atom. The van der Waals surface area contributed by atoms with Crippen molar-refractivity contribution in [1.82, 2.24) is 14.6 Å². The Bertz CT molecular complexity index is 1670. The Balaban J connectivity index is 1.44. The van der Waals surface area contributed by atoms with E-state index in [0.717, 1.165) is 5.39 Å². The Morgan fingerprint density at radius 1 is 1.14 bits per heavy atom. The van der Waals surface area contributed by atoms with Gasteiger partial charge < -0.3 is 29.4 Å². The number of hydrogen-bond acceptors (Lipinski definition) is 9. The highest BCUT2D eigenvalue weighted by atomic mass is 31.2. The minimum Gasteiger partial charge on any atom is -0.462 e. The quantitative estimate of drug-likeness (QED) is 0.159. The maximum absolute atomic E-state index is 16.2. The zero-order chi connectivity index (χ0) is 31.1. The summed E-state index contributed by atoms with van der Waals surface area (Å²) >= 11 is 0. The summed E-state index contributed by atoms with van der Waals surface area (Å²) < 4.78 is 55.2. The number of aromatic nitrogens is 2. The monoisotopic (exact) mass is 614 g/mol. The number of carbonyl (C=O) groups excluding carboxylic acids is 1. The van der Waals surface area contributed by atoms with Gasteiger partial charge >= 0.3 is 13.7 Å². The van der Waals surface area contributed by atoms with E-state index in [9.17, 15) is 14.5 Å². The van der Waals surface area contributed by atoms with Crippen molar-refractivity contribution in [3.05, 3.63) is 67.0 Å². The van der Waals surface area contributed by atoms with Gasteiger partial charge in [-0.1, -0.05) is 36.4 Å². The number of carbonyl (C=O) groups is 1. The third-order valence-corrected chi connectivity index (χ3v) is 9.10. The molecule has 0 radical (unpaired) electrons. The number of nitrogens with two attached hydrogens (primary N) is 1. The molecular formula is C30H36FN4O7P. The Hall–Kier alpha value is -3.54. The first-order valence-corrected chi connectivity index (χ1v) is 15.5. The molecule has 0 amide bonds. The summed E-state index contributed by atoms with van der Waals surface area (Å²) in [5.74, 6) is -0.443. The van der Waals surface area contributed by atoms with Gasteiger partial charge in [0.15, 0.2) is 11.9 Å². The average Bonchev–Trinajstić information content (AvgIpc) is 3.47. The number of nitrogen functional groups attached to an aromatic ring is 1. The summed E-state index contributed by atoms with van der Waals surface area (Å²) in [4.78, 5) is 16.9. The number of halogens is 1. The van der Waals surface area contributed by atoms with E-state index >= 15 is 4.39 Å². The highest BCUT2D eigenvalue weighted by Crippen LogP contribution is 2.51. The lowest BCUT2D eigenvalue weighted by atomic mass is 9.96. The van der Waals surface area contributed by atoms with E-state index < -0.39 is 56.1 Å². The number of nitrogens with one attached hydrogen (secondary N) is 1. The van der Waals surface area contributed by atoms with E-state index in [0.29, 0.717) is 22.1 Å². The summed E-state index contributed by atoms with van der Waals surface area (Å²) in [5.41, 5.74) is 4.58. The zero-order valence-corrected chi connectivity index (χ0v) is 25.4. The molecule has 0 spiro atoms. The lowest BCUT2D eigenvalue weighted by Gasteiger charge is -2.29. The van der Waals surface area contributed by atoms with Gasteiger partial charge in [-0.15, -0.1) is 0 Å². The van der Waals surface area contributed by atoms with E-state index in [4.69, 9.17) is 24.3 Å². The van der Waals surface area contributed by atoms with Gasteiger partial charge in [-0.05, 0) is 58.2 Å². The number of aliphatic hydroxyl groups is 1. The van der Waals surface area contributed by atoms with Crippen LogP contribution in [-0.2, 0) is 23.4 Å². The number of hydrogen-bond donors (Lipinski definition) is 3. The number of benzene rings is 2. The minimum absolute atomic E-state index is 0.231. The van der Waals surface area contributed by atoms with E-state index in [1.165, 1.54) is 31.5 Å². The van der Waals surface area contributed by atoms with E-state index in [2.05, 4.69) is 10.1 Å². The van der Waals surface area contributed by atoms with Crippen LogP contribution in [0.15, 0.2) is 67.0 Å². The Morgan fingerprint density at radius 3 is 2.60 bits per heavy atom. The summed E-state index contributed by atoms with van der Waals surface area (Å²) in [5, 5.41) is 15.8. The molecule has 7 atom stereocenters. The van der Waals surface area contributed by atoms with Crippen LogP contribution in [0.2, 0.25) is 0 Å². The van der Waals surface area contributed by atoms with E-state index in [-0.39, 0.29) is 5.75 Å². The van der Waals surface area contributed by atoms with Crippen molar-refractivity contribution in [3.8, 4) is 5.75 Å². The van der Waals surface area contributed by atoms with Crippen LogP contribution < -0.4 is 15.3 Å². The highest BCUT2D eigenvalue weighted by Gasteiger charge is 2.57. The molecule has 43 heavy (non-hydrogen) atoms. The van der Waals surface area contributed by atoms with Crippen molar-refractivity contribution < 1.29 is 37.4 Å². The first-order valence-electron chi connectivity index (χ1n) is 14.0. The molecule has 1 aliphatic heterocycles. The van der Waals surface area contributed by atoms with Gasteiger partial charge in [-0.25, -0.2) is 13.9 Å². The molecule has 4 N–H and O–H groups in total. The summed E-state index contributed by atoms with van der Waals surface area (Å²) in [6.07, 6.45) is -2.81. The van der Waals surface area contributed by atoms with Gasteiger partial charge in [0, 0.05) is 28.9 Å². The predicted molar refractivity (Wildman–Crippen MR) is 160 cm³/mol. The molecule has 2 aromatic heterocycles. The maximum Gasteiger partial charge on any atom is 0.459 e. The fourth-order valence-corrected chi connectivity index (χ4v) is 6.89. The number of ether oxygens (including phenoxy) is 2. The number of nitrogens with zero attached hydrogens (tertiary/aromatic N) is 2. The van der Waals surface area contributed by atoms with Gasteiger partial charge in [-0.2, -0.15) is 5.09 Å². The van der Waals surface area contributed by atoms with Crippen LogP contribution in [0.5, 0.6) is 5.75 Å². The summed E-state index contributed by atoms with van der Waals surface area (Å²) in [6, 6.07) is 14.7. The Kier molecular flexibility index (Phi) is 8.52. The lowest BCUT2D eigenvalue weighted by molar-refractivity contribution is -0.149. The fraction of sp³-hybridized carbons (Fsp3) is 0.400. The standard InChI is InChI=1S/C30H36FN4O7P/c1-17(2)39-28(37)18(3)34-43(38,42-24-12-8-10-20-9-6-7-11-21(20)24)41-19(4)25-26(36)30(5,31)29(40-25)35-16-14-22-23(32)13-15-33-27(22)35/h6-19,25-26,29,36H,1-5H3,(H2,32,33)(H,34,38)/t18-,19?,25+,26+,29+,30+,43?/m0/s1. The van der Waals surface area contributed by atoms with Crippen molar-refractivity contribution >= 4 is 41.2 Å². The molecule has 1 aliphatic rings. The van der Waals surface area contributed by atoms with Crippen LogP contribution in [0.3, 0.4) is 0 Å². The van der Waals surface area contributed by atoms with Crippen LogP contribution in [-0.4, -0.2) is 56.8 Å². The van der Waals surface area contributed by atoms with Gasteiger partial charge in [0.05, 0.1) is 12.2 Å². The topological polar surface area (TPSA) is 147 Å². The van der Waals surface area contributed by atoms with Crippen molar-refractivity contribution in [1.29, 1.82) is 0 Å². The van der Waals surface area contributed by atoms with Gasteiger partial charge in [0.25, 0.3) is 0 Å². The SMILES string of the molecule is CC(C)OC(=O)[C@H](C)NP(=O)(Oc1cccc2ccccc12)OC(C)[C@H]1O[C@@H](n2ccc3c(N)ccnc32)[C@](C)(F)[C@@H]1O. The van der Waals surface area contributed by atoms with Gasteiger partial charge in [0.2, 0.25) is 0 Å². The van der Waals surface area contributed by atoms with Crippen molar-refractivity contribution in [2.75, 3.05) is 5.73 Å². The van der Waals surface area contributed by atoms with E-state index in [1.807, 2.05) is 18.2 Å². The first-order chi connectivity index (χ1) is 20.3. The third kappa shape index (κ3) is 6.11.